The first-order chi connectivity index (χ1) is 7.57. The minimum atomic E-state index is -0.227. The summed E-state index contributed by atoms with van der Waals surface area (Å²) in [6.07, 6.45) is 0.759. The van der Waals surface area contributed by atoms with Gasteiger partial charge < -0.3 is 15.2 Å². The van der Waals surface area contributed by atoms with Crippen LogP contribution in [0.2, 0.25) is 0 Å². The molecule has 1 unspecified atom stereocenters. The molecular formula is C13H21NO2. The highest BCUT2D eigenvalue weighted by atomic mass is 16.5. The van der Waals surface area contributed by atoms with Gasteiger partial charge >= 0.3 is 0 Å². The molecule has 0 spiro atoms. The largest absolute Gasteiger partial charge is 0.394 e. The van der Waals surface area contributed by atoms with Crippen LogP contribution in [0.5, 0.6) is 0 Å². The molecule has 0 saturated heterocycles. The van der Waals surface area contributed by atoms with E-state index in [9.17, 15) is 5.11 Å². The topological polar surface area (TPSA) is 41.5 Å². The standard InChI is InChI=1S/C13H21NO2/c1-13(2,16-3)9-12(10-15)14-11-7-5-4-6-8-11/h4-8,12,14-15H,9-10H2,1-3H3. The first-order valence-corrected chi connectivity index (χ1v) is 5.55. The van der Waals surface area contributed by atoms with Crippen molar-refractivity contribution in [2.45, 2.75) is 31.9 Å². The zero-order valence-electron chi connectivity index (χ0n) is 10.2. The Labute approximate surface area is 97.4 Å². The lowest BCUT2D eigenvalue weighted by Crippen LogP contribution is -2.35. The van der Waals surface area contributed by atoms with Crippen LogP contribution in [0.15, 0.2) is 30.3 Å². The highest BCUT2D eigenvalue weighted by Crippen LogP contribution is 2.18. The number of ether oxygens (including phenoxy) is 1. The maximum atomic E-state index is 9.33. The Morgan fingerprint density at radius 1 is 1.31 bits per heavy atom. The second-order valence-electron chi connectivity index (χ2n) is 4.56. The number of aliphatic hydroxyl groups excluding tert-OH is 1. The van der Waals surface area contributed by atoms with Crippen LogP contribution in [0.1, 0.15) is 20.3 Å². The summed E-state index contributed by atoms with van der Waals surface area (Å²) in [6.45, 7) is 4.13. The third kappa shape index (κ3) is 4.21. The van der Waals surface area contributed by atoms with E-state index in [0.717, 1.165) is 12.1 Å². The van der Waals surface area contributed by atoms with Crippen molar-refractivity contribution in [1.82, 2.24) is 0 Å². The Kier molecular flexibility index (Phi) is 4.77. The highest BCUT2D eigenvalue weighted by Gasteiger charge is 2.22. The molecule has 0 aliphatic carbocycles. The average molecular weight is 223 g/mol. The summed E-state index contributed by atoms with van der Waals surface area (Å²) in [4.78, 5) is 0. The number of hydrogen-bond donors (Lipinski definition) is 2. The normalized spacial score (nSPS) is 13.5. The van der Waals surface area contributed by atoms with E-state index in [1.54, 1.807) is 7.11 Å². The van der Waals surface area contributed by atoms with Crippen LogP contribution < -0.4 is 5.32 Å². The Morgan fingerprint density at radius 3 is 2.44 bits per heavy atom. The third-order valence-corrected chi connectivity index (χ3v) is 2.66. The van der Waals surface area contributed by atoms with Gasteiger partial charge in [-0.1, -0.05) is 18.2 Å². The second kappa shape index (κ2) is 5.87. The molecule has 90 valence electrons. The van der Waals surface area contributed by atoms with Crippen molar-refractivity contribution in [2.24, 2.45) is 0 Å². The van der Waals surface area contributed by atoms with Gasteiger partial charge in [0.05, 0.1) is 18.2 Å². The van der Waals surface area contributed by atoms with Crippen LogP contribution in [0.3, 0.4) is 0 Å². The van der Waals surface area contributed by atoms with Gasteiger partial charge in [-0.2, -0.15) is 0 Å². The van der Waals surface area contributed by atoms with Crippen LogP contribution >= 0.6 is 0 Å². The fourth-order valence-electron chi connectivity index (χ4n) is 1.61. The lowest BCUT2D eigenvalue weighted by molar-refractivity contribution is 0.00748. The van der Waals surface area contributed by atoms with Crippen molar-refractivity contribution in [2.75, 3.05) is 19.0 Å². The summed E-state index contributed by atoms with van der Waals surface area (Å²) in [5, 5.41) is 12.6. The van der Waals surface area contributed by atoms with Crippen LogP contribution in [-0.2, 0) is 4.74 Å². The molecule has 1 atom stereocenters. The lowest BCUT2D eigenvalue weighted by atomic mass is 9.99. The fourth-order valence-corrected chi connectivity index (χ4v) is 1.61. The van der Waals surface area contributed by atoms with Gasteiger partial charge in [-0.05, 0) is 32.4 Å². The van der Waals surface area contributed by atoms with Crippen LogP contribution in [0.25, 0.3) is 0 Å². The quantitative estimate of drug-likeness (QED) is 0.777. The molecule has 3 heteroatoms. The summed E-state index contributed by atoms with van der Waals surface area (Å²) in [5.41, 5.74) is 0.795. The molecule has 0 heterocycles. The number of rotatable bonds is 6. The molecule has 0 saturated carbocycles. The van der Waals surface area contributed by atoms with E-state index in [1.165, 1.54) is 0 Å². The number of hydrogen-bond acceptors (Lipinski definition) is 3. The van der Waals surface area contributed by atoms with Gasteiger partial charge in [-0.25, -0.2) is 0 Å². The number of para-hydroxylation sites is 1. The van der Waals surface area contributed by atoms with E-state index in [0.29, 0.717) is 0 Å². The van der Waals surface area contributed by atoms with Crippen LogP contribution in [0, 0.1) is 0 Å². The maximum absolute atomic E-state index is 9.33. The first kappa shape index (κ1) is 13.0. The summed E-state index contributed by atoms with van der Waals surface area (Å²) in [7, 11) is 1.69. The molecule has 0 aliphatic rings. The maximum Gasteiger partial charge on any atom is 0.0643 e. The second-order valence-corrected chi connectivity index (χ2v) is 4.56. The molecule has 0 aromatic heterocycles. The number of benzene rings is 1. The van der Waals surface area contributed by atoms with Gasteiger partial charge in [0, 0.05) is 12.8 Å². The monoisotopic (exact) mass is 223 g/mol. The first-order valence-electron chi connectivity index (χ1n) is 5.55. The molecule has 0 fully saturated rings. The number of aliphatic hydroxyl groups is 1. The van der Waals surface area contributed by atoms with Crippen molar-refractivity contribution in [3.8, 4) is 0 Å². The molecule has 0 radical (unpaired) electrons. The van der Waals surface area contributed by atoms with E-state index < -0.39 is 0 Å². The Bertz CT molecular complexity index is 298. The van der Waals surface area contributed by atoms with Gasteiger partial charge in [0.2, 0.25) is 0 Å². The van der Waals surface area contributed by atoms with Crippen molar-refractivity contribution in [3.05, 3.63) is 30.3 Å². The average Bonchev–Trinajstić information content (AvgIpc) is 2.29. The minimum absolute atomic E-state index is 0.0114. The summed E-state index contributed by atoms with van der Waals surface area (Å²) < 4.78 is 5.36. The van der Waals surface area contributed by atoms with Gasteiger partial charge in [-0.3, -0.25) is 0 Å². The lowest BCUT2D eigenvalue weighted by Gasteiger charge is -2.28. The molecule has 3 nitrogen and oxygen atoms in total. The van der Waals surface area contributed by atoms with Crippen molar-refractivity contribution in [3.63, 3.8) is 0 Å². The van der Waals surface area contributed by atoms with Crippen molar-refractivity contribution < 1.29 is 9.84 Å². The van der Waals surface area contributed by atoms with Crippen molar-refractivity contribution >= 4 is 5.69 Å². The van der Waals surface area contributed by atoms with E-state index in [1.807, 2.05) is 44.2 Å². The van der Waals surface area contributed by atoms with Crippen LogP contribution in [-0.4, -0.2) is 30.5 Å². The zero-order valence-corrected chi connectivity index (χ0v) is 10.2. The highest BCUT2D eigenvalue weighted by molar-refractivity contribution is 5.43. The SMILES string of the molecule is COC(C)(C)CC(CO)Nc1ccccc1. The van der Waals surface area contributed by atoms with Gasteiger partial charge in [0.1, 0.15) is 0 Å². The summed E-state index contributed by atoms with van der Waals surface area (Å²) >= 11 is 0. The molecule has 1 aromatic carbocycles. The van der Waals surface area contributed by atoms with E-state index in [4.69, 9.17) is 4.74 Å². The molecule has 0 amide bonds. The molecule has 2 N–H and O–H groups in total. The molecule has 16 heavy (non-hydrogen) atoms. The van der Waals surface area contributed by atoms with E-state index in [2.05, 4.69) is 5.32 Å². The minimum Gasteiger partial charge on any atom is -0.394 e. The van der Waals surface area contributed by atoms with Gasteiger partial charge in [-0.15, -0.1) is 0 Å². The predicted octanol–water partition coefficient (Wildman–Crippen LogP) is 2.27. The molecule has 1 aromatic rings. The summed E-state index contributed by atoms with van der Waals surface area (Å²) in [5.74, 6) is 0. The van der Waals surface area contributed by atoms with E-state index in [-0.39, 0.29) is 18.2 Å². The zero-order chi connectivity index (χ0) is 12.0. The van der Waals surface area contributed by atoms with Gasteiger partial charge in [0.15, 0.2) is 0 Å². The Balaban J connectivity index is 2.56. The molecular weight excluding hydrogens is 202 g/mol. The molecule has 0 bridgehead atoms. The number of anilines is 1. The molecule has 1 rings (SSSR count). The summed E-state index contributed by atoms with van der Waals surface area (Å²) in [6, 6.07) is 9.90. The van der Waals surface area contributed by atoms with Crippen LogP contribution in [0.4, 0.5) is 5.69 Å². The number of methoxy groups -OCH3 is 1. The number of nitrogens with one attached hydrogen (secondary N) is 1. The Morgan fingerprint density at radius 2 is 1.94 bits per heavy atom. The Hall–Kier alpha value is -1.06. The van der Waals surface area contributed by atoms with Crippen molar-refractivity contribution in [1.29, 1.82) is 0 Å². The molecule has 0 aliphatic heterocycles. The van der Waals surface area contributed by atoms with Gasteiger partial charge in [0.25, 0.3) is 0 Å². The van der Waals surface area contributed by atoms with E-state index >= 15 is 0 Å². The fraction of sp³-hybridized carbons (Fsp3) is 0.538. The smallest absolute Gasteiger partial charge is 0.0643 e. The predicted molar refractivity (Wildman–Crippen MR) is 66.6 cm³/mol. The third-order valence-electron chi connectivity index (χ3n) is 2.66.